The Hall–Kier alpha value is -2.04. The molecule has 2 aromatic carbocycles. The van der Waals surface area contributed by atoms with Crippen LogP contribution in [0.25, 0.3) is 0 Å². The molecule has 0 spiro atoms. The van der Waals surface area contributed by atoms with E-state index in [2.05, 4.69) is 17.1 Å². The van der Waals surface area contributed by atoms with Gasteiger partial charge >= 0.3 is 0 Å². The fourth-order valence-corrected chi connectivity index (χ4v) is 2.72. The predicted molar refractivity (Wildman–Crippen MR) is 92.4 cm³/mol. The summed E-state index contributed by atoms with van der Waals surface area (Å²) in [6, 6.07) is 18.2. The Morgan fingerprint density at radius 3 is 2.43 bits per heavy atom. The molecule has 1 aliphatic rings. The third-order valence-electron chi connectivity index (χ3n) is 4.09. The molecule has 0 radical (unpaired) electrons. The summed E-state index contributed by atoms with van der Waals surface area (Å²) in [5.41, 5.74) is 0. The van der Waals surface area contributed by atoms with Crippen LogP contribution in [0.4, 0.5) is 0 Å². The maximum atomic E-state index is 5.84. The van der Waals surface area contributed by atoms with Gasteiger partial charge in [0.05, 0.1) is 0 Å². The number of ether oxygens (including phenoxy) is 2. The summed E-state index contributed by atoms with van der Waals surface area (Å²) in [5.74, 6) is 2.54. The fourth-order valence-electron chi connectivity index (χ4n) is 2.72. The Labute approximate surface area is 138 Å². The van der Waals surface area contributed by atoms with Crippen LogP contribution < -0.4 is 14.8 Å². The first-order chi connectivity index (χ1) is 11.3. The van der Waals surface area contributed by atoms with Gasteiger partial charge in [0.2, 0.25) is 0 Å². The second-order valence-electron chi connectivity index (χ2n) is 5.82. The van der Waals surface area contributed by atoms with Gasteiger partial charge in [0.25, 0.3) is 0 Å². The van der Waals surface area contributed by atoms with Gasteiger partial charge in [-0.05, 0) is 43.3 Å². The zero-order valence-electron chi connectivity index (χ0n) is 13.6. The smallest absolute Gasteiger partial charge is 0.127 e. The van der Waals surface area contributed by atoms with Crippen LogP contribution in [0.3, 0.4) is 0 Å². The van der Waals surface area contributed by atoms with Gasteiger partial charge in [-0.15, -0.1) is 0 Å². The maximum absolute atomic E-state index is 5.84. The molecule has 0 saturated carbocycles. The number of benzene rings is 2. The average Bonchev–Trinajstić information content (AvgIpc) is 2.59. The summed E-state index contributed by atoms with van der Waals surface area (Å²) in [4.78, 5) is 2.46. The highest BCUT2D eigenvalue weighted by molar-refractivity contribution is 5.35. The standard InChI is InChI=1S/C19H24N2O2/c1-16-15-20-11-12-21(16)13-14-22-17-7-9-19(10-8-17)23-18-5-3-2-4-6-18/h2-10,16,20H,11-15H2,1H3/t16-/m0/s1. The molecular formula is C19H24N2O2. The highest BCUT2D eigenvalue weighted by Crippen LogP contribution is 2.23. The quantitative estimate of drug-likeness (QED) is 0.888. The highest BCUT2D eigenvalue weighted by Gasteiger charge is 2.17. The number of nitrogens with zero attached hydrogens (tertiary/aromatic N) is 1. The fraction of sp³-hybridized carbons (Fsp3) is 0.368. The van der Waals surface area contributed by atoms with Gasteiger partial charge in [-0.1, -0.05) is 18.2 Å². The lowest BCUT2D eigenvalue weighted by Crippen LogP contribution is -2.50. The van der Waals surface area contributed by atoms with Gasteiger partial charge in [0.1, 0.15) is 23.9 Å². The van der Waals surface area contributed by atoms with Gasteiger partial charge in [0.15, 0.2) is 0 Å². The summed E-state index contributed by atoms with van der Waals surface area (Å²) in [6.07, 6.45) is 0. The lowest BCUT2D eigenvalue weighted by Gasteiger charge is -2.33. The van der Waals surface area contributed by atoms with Gasteiger partial charge in [0, 0.05) is 32.2 Å². The molecular weight excluding hydrogens is 288 g/mol. The predicted octanol–water partition coefficient (Wildman–Crippen LogP) is 3.15. The summed E-state index contributed by atoms with van der Waals surface area (Å²) in [5, 5.41) is 3.40. The number of nitrogens with one attached hydrogen (secondary N) is 1. The van der Waals surface area contributed by atoms with Crippen LogP contribution in [0.5, 0.6) is 17.2 Å². The minimum absolute atomic E-state index is 0.578. The number of para-hydroxylation sites is 1. The van der Waals surface area contributed by atoms with Crippen LogP contribution in [0.2, 0.25) is 0 Å². The van der Waals surface area contributed by atoms with E-state index >= 15 is 0 Å². The van der Waals surface area contributed by atoms with Crippen molar-refractivity contribution in [3.8, 4) is 17.2 Å². The molecule has 1 atom stereocenters. The van der Waals surface area contributed by atoms with Crippen LogP contribution in [0, 0.1) is 0 Å². The van der Waals surface area contributed by atoms with E-state index in [-0.39, 0.29) is 0 Å². The number of hydrogen-bond acceptors (Lipinski definition) is 4. The van der Waals surface area contributed by atoms with Gasteiger partial charge in [-0.3, -0.25) is 4.90 Å². The van der Waals surface area contributed by atoms with Gasteiger partial charge in [-0.2, -0.15) is 0 Å². The van der Waals surface area contributed by atoms with E-state index in [1.165, 1.54) is 0 Å². The molecule has 1 N–H and O–H groups in total. The van der Waals surface area contributed by atoms with E-state index < -0.39 is 0 Å². The van der Waals surface area contributed by atoms with Crippen molar-refractivity contribution in [1.82, 2.24) is 10.2 Å². The van der Waals surface area contributed by atoms with E-state index in [1.54, 1.807) is 0 Å². The molecule has 1 saturated heterocycles. The Bertz CT molecular complexity index is 586. The summed E-state index contributed by atoms with van der Waals surface area (Å²) in [7, 11) is 0. The first-order valence-electron chi connectivity index (χ1n) is 8.22. The Kier molecular flexibility index (Phi) is 5.51. The second-order valence-corrected chi connectivity index (χ2v) is 5.82. The molecule has 0 aliphatic carbocycles. The lowest BCUT2D eigenvalue weighted by atomic mass is 10.2. The van der Waals surface area contributed by atoms with Crippen molar-refractivity contribution in [2.24, 2.45) is 0 Å². The molecule has 122 valence electrons. The van der Waals surface area contributed by atoms with Crippen LogP contribution in [-0.4, -0.2) is 43.7 Å². The van der Waals surface area contributed by atoms with Gasteiger partial charge < -0.3 is 14.8 Å². The van der Waals surface area contributed by atoms with Crippen molar-refractivity contribution < 1.29 is 9.47 Å². The van der Waals surface area contributed by atoms with E-state index in [0.29, 0.717) is 12.6 Å². The molecule has 4 nitrogen and oxygen atoms in total. The lowest BCUT2D eigenvalue weighted by molar-refractivity contribution is 0.143. The van der Waals surface area contributed by atoms with Crippen molar-refractivity contribution >= 4 is 0 Å². The summed E-state index contributed by atoms with van der Waals surface area (Å²) >= 11 is 0. The SMILES string of the molecule is C[C@H]1CNCCN1CCOc1ccc(Oc2ccccc2)cc1. The molecule has 4 heteroatoms. The summed E-state index contributed by atoms with van der Waals surface area (Å²) < 4.78 is 11.6. The molecule has 3 rings (SSSR count). The zero-order chi connectivity index (χ0) is 15.9. The molecule has 1 aliphatic heterocycles. The Morgan fingerprint density at radius 2 is 1.70 bits per heavy atom. The monoisotopic (exact) mass is 312 g/mol. The molecule has 23 heavy (non-hydrogen) atoms. The number of hydrogen-bond donors (Lipinski definition) is 1. The molecule has 0 amide bonds. The van der Waals surface area contributed by atoms with E-state index in [0.717, 1.165) is 43.4 Å². The van der Waals surface area contributed by atoms with Crippen molar-refractivity contribution in [2.45, 2.75) is 13.0 Å². The normalized spacial score (nSPS) is 18.6. The van der Waals surface area contributed by atoms with Crippen molar-refractivity contribution in [3.63, 3.8) is 0 Å². The Morgan fingerprint density at radius 1 is 1.00 bits per heavy atom. The van der Waals surface area contributed by atoms with Crippen LogP contribution >= 0.6 is 0 Å². The van der Waals surface area contributed by atoms with E-state index in [4.69, 9.17) is 9.47 Å². The van der Waals surface area contributed by atoms with Crippen molar-refractivity contribution in [3.05, 3.63) is 54.6 Å². The van der Waals surface area contributed by atoms with Crippen molar-refractivity contribution in [2.75, 3.05) is 32.8 Å². The molecule has 2 aromatic rings. The van der Waals surface area contributed by atoms with Crippen molar-refractivity contribution in [1.29, 1.82) is 0 Å². The van der Waals surface area contributed by atoms with Gasteiger partial charge in [-0.25, -0.2) is 0 Å². The highest BCUT2D eigenvalue weighted by atomic mass is 16.5. The molecule has 1 heterocycles. The van der Waals surface area contributed by atoms with E-state index in [9.17, 15) is 0 Å². The van der Waals surface area contributed by atoms with Crippen LogP contribution in [-0.2, 0) is 0 Å². The minimum Gasteiger partial charge on any atom is -0.492 e. The molecule has 0 bridgehead atoms. The third-order valence-corrected chi connectivity index (χ3v) is 4.09. The minimum atomic E-state index is 0.578. The first kappa shape index (κ1) is 15.8. The zero-order valence-corrected chi connectivity index (χ0v) is 13.6. The second kappa shape index (κ2) is 7.99. The number of rotatable bonds is 6. The largest absolute Gasteiger partial charge is 0.492 e. The third kappa shape index (κ3) is 4.71. The average molecular weight is 312 g/mol. The topological polar surface area (TPSA) is 33.7 Å². The van der Waals surface area contributed by atoms with E-state index in [1.807, 2.05) is 54.6 Å². The Balaban J connectivity index is 1.46. The molecule has 0 unspecified atom stereocenters. The first-order valence-corrected chi connectivity index (χ1v) is 8.22. The summed E-state index contributed by atoms with van der Waals surface area (Å²) in [6.45, 7) is 7.14. The molecule has 0 aromatic heterocycles. The van der Waals surface area contributed by atoms with Crippen LogP contribution in [0.1, 0.15) is 6.92 Å². The molecule has 1 fully saturated rings. The maximum Gasteiger partial charge on any atom is 0.127 e. The number of piperazine rings is 1. The van der Waals surface area contributed by atoms with Crippen LogP contribution in [0.15, 0.2) is 54.6 Å².